The fourth-order valence-electron chi connectivity index (χ4n) is 3.84. The first-order valence-electron chi connectivity index (χ1n) is 8.30. The van der Waals surface area contributed by atoms with Crippen LogP contribution in [0.15, 0.2) is 23.9 Å². The number of rotatable bonds is 2. The number of anilines is 1. The minimum absolute atomic E-state index is 0.114. The minimum atomic E-state index is 0.114. The molecule has 0 spiro atoms. The van der Waals surface area contributed by atoms with Crippen molar-refractivity contribution in [3.05, 3.63) is 35.2 Å². The molecule has 0 aromatic carbocycles. The van der Waals surface area contributed by atoms with Crippen molar-refractivity contribution in [1.82, 2.24) is 20.0 Å². The number of carbonyl (C=O) groups is 1. The summed E-state index contributed by atoms with van der Waals surface area (Å²) >= 11 is 0. The predicted molar refractivity (Wildman–Crippen MR) is 88.7 cm³/mol. The molecule has 23 heavy (non-hydrogen) atoms. The Morgan fingerprint density at radius 3 is 3.00 bits per heavy atom. The predicted octanol–water partition coefficient (Wildman–Crippen LogP) is 1.63. The Hall–Kier alpha value is -2.08. The largest absolute Gasteiger partial charge is 0.333 e. The molecular weight excluding hydrogens is 290 g/mol. The molecule has 0 aliphatic carbocycles. The van der Waals surface area contributed by atoms with Gasteiger partial charge in [-0.2, -0.15) is 5.10 Å². The van der Waals surface area contributed by atoms with Crippen LogP contribution in [0.5, 0.6) is 0 Å². The van der Waals surface area contributed by atoms with Gasteiger partial charge >= 0.3 is 0 Å². The van der Waals surface area contributed by atoms with Crippen LogP contribution in [-0.4, -0.2) is 52.1 Å². The van der Waals surface area contributed by atoms with Gasteiger partial charge in [0.15, 0.2) is 5.82 Å². The van der Waals surface area contributed by atoms with Crippen molar-refractivity contribution in [1.29, 1.82) is 0 Å². The van der Waals surface area contributed by atoms with Gasteiger partial charge < -0.3 is 9.80 Å². The summed E-state index contributed by atoms with van der Waals surface area (Å²) in [7, 11) is 2.20. The molecule has 1 amide bonds. The van der Waals surface area contributed by atoms with Crippen LogP contribution in [-0.2, 0) is 17.9 Å². The van der Waals surface area contributed by atoms with E-state index in [1.165, 1.54) is 25.0 Å². The second kappa shape index (κ2) is 5.53. The lowest BCUT2D eigenvalue weighted by Gasteiger charge is -2.27. The molecule has 1 saturated heterocycles. The summed E-state index contributed by atoms with van der Waals surface area (Å²) in [4.78, 5) is 18.1. The van der Waals surface area contributed by atoms with Crippen molar-refractivity contribution < 1.29 is 4.79 Å². The second-order valence-electron chi connectivity index (χ2n) is 6.70. The number of H-pyrrole nitrogens is 1. The topological polar surface area (TPSA) is 55.5 Å². The molecule has 1 N–H and O–H groups in total. The number of nitrogens with one attached hydrogen (secondary N) is 1. The smallest absolute Gasteiger partial charge is 0.220 e. The molecule has 6 heteroatoms. The highest BCUT2D eigenvalue weighted by molar-refractivity contribution is 5.74. The van der Waals surface area contributed by atoms with Crippen molar-refractivity contribution in [2.75, 3.05) is 25.0 Å². The minimum Gasteiger partial charge on any atom is -0.333 e. The zero-order chi connectivity index (χ0) is 16.0. The van der Waals surface area contributed by atoms with E-state index >= 15 is 0 Å². The van der Waals surface area contributed by atoms with Crippen molar-refractivity contribution >= 4 is 11.7 Å². The number of carbonyl (C=O) groups excluding carboxylic acids is 1. The highest BCUT2D eigenvalue weighted by atomic mass is 16.2. The van der Waals surface area contributed by atoms with Gasteiger partial charge in [0.1, 0.15) is 0 Å². The first-order valence-corrected chi connectivity index (χ1v) is 8.30. The molecule has 1 aromatic heterocycles. The van der Waals surface area contributed by atoms with Gasteiger partial charge in [0.25, 0.3) is 0 Å². The van der Waals surface area contributed by atoms with E-state index in [1.807, 2.05) is 4.90 Å². The molecule has 1 unspecified atom stereocenters. The molecule has 1 fully saturated rings. The molecule has 0 saturated carbocycles. The number of hydrogen-bond donors (Lipinski definition) is 1. The Morgan fingerprint density at radius 2 is 2.26 bits per heavy atom. The van der Waals surface area contributed by atoms with Crippen molar-refractivity contribution in [3.8, 4) is 0 Å². The van der Waals surface area contributed by atoms with Gasteiger partial charge in [-0.25, -0.2) is 0 Å². The van der Waals surface area contributed by atoms with E-state index in [0.29, 0.717) is 19.1 Å². The summed E-state index contributed by atoms with van der Waals surface area (Å²) in [6, 6.07) is 0.509. The number of amides is 1. The molecule has 1 atom stereocenters. The maximum Gasteiger partial charge on any atom is 0.220 e. The van der Waals surface area contributed by atoms with Crippen molar-refractivity contribution in [3.63, 3.8) is 0 Å². The maximum absolute atomic E-state index is 11.6. The van der Waals surface area contributed by atoms with Crippen LogP contribution in [0.25, 0.3) is 0 Å². The average molecular weight is 313 g/mol. The summed E-state index contributed by atoms with van der Waals surface area (Å²) in [6.07, 6.45) is 9.17. The number of aromatic amines is 1. The molecule has 122 valence electrons. The molecule has 0 radical (unpaired) electrons. The lowest BCUT2D eigenvalue weighted by Crippen LogP contribution is -2.30. The number of likely N-dealkylation sites (tertiary alicyclic amines) is 1. The van der Waals surface area contributed by atoms with Gasteiger partial charge in [-0.3, -0.25) is 14.8 Å². The summed E-state index contributed by atoms with van der Waals surface area (Å²) in [6.45, 7) is 4.92. The van der Waals surface area contributed by atoms with Crippen LogP contribution in [0.1, 0.15) is 31.0 Å². The third-order valence-corrected chi connectivity index (χ3v) is 5.17. The SMILES string of the molecule is CC(=O)N1Cc2[nH]nc(N3C=C(C4CCCN4C)C=CC3)c2C1. The summed E-state index contributed by atoms with van der Waals surface area (Å²) in [5.41, 5.74) is 3.58. The van der Waals surface area contributed by atoms with Crippen LogP contribution in [0, 0.1) is 0 Å². The van der Waals surface area contributed by atoms with E-state index in [4.69, 9.17) is 0 Å². The standard InChI is InChI=1S/C17H23N5O/c1-12(23)22-10-14-15(11-22)18-19-17(14)21-8-3-5-13(9-21)16-6-4-7-20(16)2/h3,5,9,16H,4,6-8,10-11H2,1-2H3,(H,18,19). The van der Waals surface area contributed by atoms with Crippen LogP contribution in [0.3, 0.4) is 0 Å². The number of nitrogens with zero attached hydrogens (tertiary/aromatic N) is 4. The number of aromatic nitrogens is 2. The average Bonchev–Trinajstić information content (AvgIpc) is 3.21. The van der Waals surface area contributed by atoms with Gasteiger partial charge in [-0.15, -0.1) is 0 Å². The highest BCUT2D eigenvalue weighted by Gasteiger charge is 2.30. The van der Waals surface area contributed by atoms with E-state index in [1.54, 1.807) is 6.92 Å². The van der Waals surface area contributed by atoms with E-state index < -0.39 is 0 Å². The molecular formula is C17H23N5O. The van der Waals surface area contributed by atoms with Crippen molar-refractivity contribution in [2.45, 2.75) is 38.9 Å². The zero-order valence-electron chi connectivity index (χ0n) is 13.7. The Balaban J connectivity index is 1.59. The molecule has 1 aromatic rings. The first kappa shape index (κ1) is 14.5. The van der Waals surface area contributed by atoms with Crippen LogP contribution >= 0.6 is 0 Å². The lowest BCUT2D eigenvalue weighted by atomic mass is 10.0. The molecule has 3 aliphatic heterocycles. The Labute approximate surface area is 136 Å². The van der Waals surface area contributed by atoms with Crippen LogP contribution < -0.4 is 4.90 Å². The summed E-state index contributed by atoms with van der Waals surface area (Å²) < 4.78 is 0. The summed E-state index contributed by atoms with van der Waals surface area (Å²) in [5, 5.41) is 7.62. The van der Waals surface area contributed by atoms with E-state index in [0.717, 1.165) is 23.6 Å². The third-order valence-electron chi connectivity index (χ3n) is 5.17. The molecule has 4 rings (SSSR count). The zero-order valence-corrected chi connectivity index (χ0v) is 13.7. The lowest BCUT2D eigenvalue weighted by molar-refractivity contribution is -0.129. The van der Waals surface area contributed by atoms with Crippen LogP contribution in [0.2, 0.25) is 0 Å². The third kappa shape index (κ3) is 2.47. The van der Waals surface area contributed by atoms with Gasteiger partial charge in [0.05, 0.1) is 18.8 Å². The van der Waals surface area contributed by atoms with E-state index in [2.05, 4.69) is 45.4 Å². The molecule has 3 aliphatic rings. The van der Waals surface area contributed by atoms with Gasteiger partial charge in [0, 0.05) is 31.3 Å². The second-order valence-corrected chi connectivity index (χ2v) is 6.70. The number of hydrogen-bond acceptors (Lipinski definition) is 4. The Morgan fingerprint density at radius 1 is 1.39 bits per heavy atom. The molecule has 4 heterocycles. The highest BCUT2D eigenvalue weighted by Crippen LogP contribution is 2.32. The molecule has 0 bridgehead atoms. The van der Waals surface area contributed by atoms with Gasteiger partial charge in [0.2, 0.25) is 5.91 Å². The Kier molecular flexibility index (Phi) is 3.49. The molecule has 6 nitrogen and oxygen atoms in total. The van der Waals surface area contributed by atoms with E-state index in [-0.39, 0.29) is 5.91 Å². The van der Waals surface area contributed by atoms with Gasteiger partial charge in [-0.05, 0) is 32.0 Å². The van der Waals surface area contributed by atoms with Gasteiger partial charge in [-0.1, -0.05) is 12.2 Å². The normalized spacial score (nSPS) is 24.3. The summed E-state index contributed by atoms with van der Waals surface area (Å²) in [5.74, 6) is 1.08. The fraction of sp³-hybridized carbons (Fsp3) is 0.529. The number of likely N-dealkylation sites (N-methyl/N-ethyl adjacent to an activating group) is 1. The fourth-order valence-corrected chi connectivity index (χ4v) is 3.84. The van der Waals surface area contributed by atoms with Crippen LogP contribution in [0.4, 0.5) is 5.82 Å². The first-order chi connectivity index (χ1) is 11.1. The monoisotopic (exact) mass is 313 g/mol. The number of fused-ring (bicyclic) bond motifs is 1. The van der Waals surface area contributed by atoms with Crippen molar-refractivity contribution in [2.24, 2.45) is 0 Å². The maximum atomic E-state index is 11.6. The Bertz CT molecular complexity index is 689. The quantitative estimate of drug-likeness (QED) is 0.901. The van der Waals surface area contributed by atoms with E-state index in [9.17, 15) is 4.79 Å².